The molecule has 0 fully saturated rings. The summed E-state index contributed by atoms with van der Waals surface area (Å²) >= 11 is 5.98. The van der Waals surface area contributed by atoms with E-state index in [-0.39, 0.29) is 11.8 Å². The third-order valence-corrected chi connectivity index (χ3v) is 4.19. The molecule has 0 saturated heterocycles. The lowest BCUT2D eigenvalue weighted by Gasteiger charge is -2.24. The average Bonchev–Trinajstić information content (AvgIpc) is 2.59. The van der Waals surface area contributed by atoms with Crippen LogP contribution < -0.4 is 0 Å². The van der Waals surface area contributed by atoms with Crippen molar-refractivity contribution in [3.63, 3.8) is 0 Å². The van der Waals surface area contributed by atoms with Crippen molar-refractivity contribution in [2.75, 3.05) is 13.6 Å². The Kier molecular flexibility index (Phi) is 6.60. The van der Waals surface area contributed by atoms with Gasteiger partial charge in [0, 0.05) is 36.9 Å². The van der Waals surface area contributed by atoms with Gasteiger partial charge in [0.2, 0.25) is 5.91 Å². The van der Waals surface area contributed by atoms with Crippen molar-refractivity contribution in [3.8, 4) is 0 Å². The van der Waals surface area contributed by atoms with E-state index in [1.165, 1.54) is 0 Å². The Hall–Kier alpha value is -1.87. The molecule has 0 saturated carbocycles. The summed E-state index contributed by atoms with van der Waals surface area (Å²) in [4.78, 5) is 19.1. The maximum absolute atomic E-state index is 12.9. The van der Waals surface area contributed by atoms with Crippen LogP contribution in [0.4, 0.5) is 0 Å². The molecule has 23 heavy (non-hydrogen) atoms. The van der Waals surface area contributed by atoms with Gasteiger partial charge >= 0.3 is 0 Å². The zero-order valence-electron chi connectivity index (χ0n) is 13.7. The number of unbranched alkanes of at least 4 members (excludes halogenated alkanes) is 1. The lowest BCUT2D eigenvalue weighted by molar-refractivity contribution is -0.131. The fourth-order valence-electron chi connectivity index (χ4n) is 2.54. The standard InChI is InChI=1S/C19H23ClN2O/c1-3-4-13-22(2)19(23)18(14-17-7-5-6-12-21-17)15-8-10-16(20)11-9-15/h5-12,18H,3-4,13-14H2,1-2H3. The molecule has 0 radical (unpaired) electrons. The quantitative estimate of drug-likeness (QED) is 0.757. The number of carbonyl (C=O) groups is 1. The molecule has 1 aromatic carbocycles. The minimum absolute atomic E-state index is 0.131. The largest absolute Gasteiger partial charge is 0.345 e. The second-order valence-corrected chi connectivity index (χ2v) is 6.18. The molecule has 3 nitrogen and oxygen atoms in total. The fourth-order valence-corrected chi connectivity index (χ4v) is 2.67. The van der Waals surface area contributed by atoms with Crippen molar-refractivity contribution >= 4 is 17.5 Å². The molecule has 0 bridgehead atoms. The third-order valence-electron chi connectivity index (χ3n) is 3.93. The summed E-state index contributed by atoms with van der Waals surface area (Å²) in [6.45, 7) is 2.91. The number of hydrogen-bond donors (Lipinski definition) is 0. The first-order chi connectivity index (χ1) is 11.1. The van der Waals surface area contributed by atoms with Crippen LogP contribution in [-0.2, 0) is 11.2 Å². The zero-order valence-corrected chi connectivity index (χ0v) is 14.5. The highest BCUT2D eigenvalue weighted by molar-refractivity contribution is 6.30. The van der Waals surface area contributed by atoms with Gasteiger partial charge < -0.3 is 4.90 Å². The highest BCUT2D eigenvalue weighted by Crippen LogP contribution is 2.24. The Balaban J connectivity index is 2.23. The fraction of sp³-hybridized carbons (Fsp3) is 0.368. The Morgan fingerprint density at radius 1 is 1.22 bits per heavy atom. The molecule has 1 amide bonds. The summed E-state index contributed by atoms with van der Waals surface area (Å²) in [6.07, 6.45) is 4.44. The molecule has 1 aromatic heterocycles. The summed E-state index contributed by atoms with van der Waals surface area (Å²) in [7, 11) is 1.87. The van der Waals surface area contributed by atoms with Crippen molar-refractivity contribution in [3.05, 3.63) is 64.9 Å². The van der Waals surface area contributed by atoms with E-state index in [9.17, 15) is 4.79 Å². The van der Waals surface area contributed by atoms with Gasteiger partial charge in [-0.3, -0.25) is 9.78 Å². The lowest BCUT2D eigenvalue weighted by atomic mass is 9.92. The van der Waals surface area contributed by atoms with Crippen molar-refractivity contribution in [2.45, 2.75) is 32.1 Å². The van der Waals surface area contributed by atoms with E-state index >= 15 is 0 Å². The summed E-state index contributed by atoms with van der Waals surface area (Å²) < 4.78 is 0. The highest BCUT2D eigenvalue weighted by atomic mass is 35.5. The molecule has 0 N–H and O–H groups in total. The van der Waals surface area contributed by atoms with E-state index in [0.29, 0.717) is 11.4 Å². The number of halogens is 1. The van der Waals surface area contributed by atoms with Crippen molar-refractivity contribution in [1.82, 2.24) is 9.88 Å². The Labute approximate surface area is 143 Å². The molecule has 1 atom stereocenters. The number of rotatable bonds is 7. The van der Waals surface area contributed by atoms with Crippen LogP contribution in [0.15, 0.2) is 48.7 Å². The molecule has 0 aliphatic heterocycles. The molecule has 4 heteroatoms. The summed E-state index contributed by atoms with van der Waals surface area (Å²) in [5.41, 5.74) is 1.90. The van der Waals surface area contributed by atoms with Gasteiger partial charge in [-0.1, -0.05) is 43.1 Å². The van der Waals surface area contributed by atoms with E-state index in [1.54, 1.807) is 6.20 Å². The van der Waals surface area contributed by atoms with E-state index in [1.807, 2.05) is 54.4 Å². The molecule has 0 spiro atoms. The van der Waals surface area contributed by atoms with Gasteiger partial charge in [-0.2, -0.15) is 0 Å². The van der Waals surface area contributed by atoms with E-state index < -0.39 is 0 Å². The summed E-state index contributed by atoms with van der Waals surface area (Å²) in [5, 5.41) is 0.678. The second kappa shape index (κ2) is 8.68. The molecule has 0 aliphatic rings. The predicted molar refractivity (Wildman–Crippen MR) is 94.7 cm³/mol. The number of benzene rings is 1. The van der Waals surface area contributed by atoms with Gasteiger partial charge in [0.1, 0.15) is 0 Å². The Bertz CT molecular complexity index is 613. The first-order valence-electron chi connectivity index (χ1n) is 8.02. The van der Waals surface area contributed by atoms with Crippen LogP contribution in [0.5, 0.6) is 0 Å². The summed E-state index contributed by atoms with van der Waals surface area (Å²) in [5.74, 6) is -0.101. The maximum Gasteiger partial charge on any atom is 0.230 e. The summed E-state index contributed by atoms with van der Waals surface area (Å²) in [6, 6.07) is 13.3. The second-order valence-electron chi connectivity index (χ2n) is 5.74. The number of carbonyl (C=O) groups excluding carboxylic acids is 1. The molecule has 1 heterocycles. The van der Waals surface area contributed by atoms with Crippen LogP contribution in [0.1, 0.15) is 36.9 Å². The number of pyridine rings is 1. The minimum Gasteiger partial charge on any atom is -0.345 e. The monoisotopic (exact) mass is 330 g/mol. The number of nitrogens with zero attached hydrogens (tertiary/aromatic N) is 2. The van der Waals surface area contributed by atoms with Crippen molar-refractivity contribution in [2.24, 2.45) is 0 Å². The van der Waals surface area contributed by atoms with Crippen molar-refractivity contribution < 1.29 is 4.79 Å². The molecule has 122 valence electrons. The van der Waals surface area contributed by atoms with Gasteiger partial charge in [0.25, 0.3) is 0 Å². The van der Waals surface area contributed by atoms with Crippen molar-refractivity contribution in [1.29, 1.82) is 0 Å². The van der Waals surface area contributed by atoms with Gasteiger partial charge in [-0.25, -0.2) is 0 Å². The van der Waals surface area contributed by atoms with Gasteiger partial charge in [-0.15, -0.1) is 0 Å². The number of amides is 1. The van der Waals surface area contributed by atoms with Crippen LogP contribution in [-0.4, -0.2) is 29.4 Å². The van der Waals surface area contributed by atoms with E-state index in [0.717, 1.165) is 30.6 Å². The van der Waals surface area contributed by atoms with Crippen LogP contribution >= 0.6 is 11.6 Å². The first-order valence-corrected chi connectivity index (χ1v) is 8.40. The van der Waals surface area contributed by atoms with E-state index in [2.05, 4.69) is 11.9 Å². The SMILES string of the molecule is CCCCN(C)C(=O)C(Cc1ccccn1)c1ccc(Cl)cc1. The van der Waals surface area contributed by atoms with Gasteiger partial charge in [0.15, 0.2) is 0 Å². The highest BCUT2D eigenvalue weighted by Gasteiger charge is 2.24. The van der Waals surface area contributed by atoms with Crippen LogP contribution in [0.3, 0.4) is 0 Å². The molecule has 2 rings (SSSR count). The number of aromatic nitrogens is 1. The maximum atomic E-state index is 12.9. The molecule has 1 unspecified atom stereocenters. The predicted octanol–water partition coefficient (Wildman–Crippen LogP) is 4.32. The first kappa shape index (κ1) is 17.5. The number of hydrogen-bond acceptors (Lipinski definition) is 2. The Morgan fingerprint density at radius 2 is 1.96 bits per heavy atom. The van der Waals surface area contributed by atoms with E-state index in [4.69, 9.17) is 11.6 Å². The third kappa shape index (κ3) is 5.07. The molecular formula is C19H23ClN2O. The topological polar surface area (TPSA) is 33.2 Å². The van der Waals surface area contributed by atoms with Gasteiger partial charge in [0.05, 0.1) is 5.92 Å². The Morgan fingerprint density at radius 3 is 2.57 bits per heavy atom. The normalized spacial score (nSPS) is 12.0. The average molecular weight is 331 g/mol. The van der Waals surface area contributed by atoms with Crippen LogP contribution in [0.2, 0.25) is 5.02 Å². The van der Waals surface area contributed by atoms with Crippen LogP contribution in [0.25, 0.3) is 0 Å². The molecular weight excluding hydrogens is 308 g/mol. The zero-order chi connectivity index (χ0) is 16.7. The minimum atomic E-state index is -0.232. The molecule has 2 aromatic rings. The van der Waals surface area contributed by atoms with Gasteiger partial charge in [-0.05, 0) is 36.2 Å². The lowest BCUT2D eigenvalue weighted by Crippen LogP contribution is -2.33. The molecule has 0 aliphatic carbocycles. The van der Waals surface area contributed by atoms with Crippen LogP contribution in [0, 0.1) is 0 Å². The smallest absolute Gasteiger partial charge is 0.230 e. The number of likely N-dealkylation sites (N-methyl/N-ethyl adjacent to an activating group) is 1.